The molecule has 0 spiro atoms. The maximum atomic E-state index is 6.15. The van der Waals surface area contributed by atoms with Crippen molar-refractivity contribution in [2.24, 2.45) is 0 Å². The number of aromatic nitrogens is 2. The molecule has 0 aliphatic carbocycles. The zero-order valence-electron chi connectivity index (χ0n) is 9.14. The quantitative estimate of drug-likeness (QED) is 0.609. The van der Waals surface area contributed by atoms with E-state index in [2.05, 4.69) is 27.5 Å². The monoisotopic (exact) mass is 260 g/mol. The van der Waals surface area contributed by atoms with E-state index in [-0.39, 0.29) is 0 Å². The maximum absolute atomic E-state index is 6.15. The zero-order chi connectivity index (χ0) is 11.8. The van der Waals surface area contributed by atoms with Crippen LogP contribution in [0, 0.1) is 6.92 Å². The second-order valence-electron chi connectivity index (χ2n) is 3.77. The molecule has 0 radical (unpaired) electrons. The summed E-state index contributed by atoms with van der Waals surface area (Å²) in [6, 6.07) is 10.2. The Labute approximate surface area is 108 Å². The van der Waals surface area contributed by atoms with Crippen molar-refractivity contribution in [3.8, 4) is 10.4 Å². The lowest BCUT2D eigenvalue weighted by molar-refractivity contribution is 1.09. The minimum atomic E-state index is 0.519. The highest BCUT2D eigenvalue weighted by Gasteiger charge is 2.06. The Bertz CT molecular complexity index is 677. The lowest BCUT2D eigenvalue weighted by Gasteiger charge is -2.03. The molecule has 0 unspecified atom stereocenters. The van der Waals surface area contributed by atoms with Gasteiger partial charge in [-0.1, -0.05) is 23.7 Å². The van der Waals surface area contributed by atoms with Crippen LogP contribution in [0.15, 0.2) is 35.7 Å². The van der Waals surface area contributed by atoms with Crippen molar-refractivity contribution in [1.82, 2.24) is 9.97 Å². The van der Waals surface area contributed by atoms with Gasteiger partial charge in [-0.15, -0.1) is 11.3 Å². The van der Waals surface area contributed by atoms with Gasteiger partial charge in [-0.25, -0.2) is 9.97 Å². The predicted octanol–water partition coefficient (Wildman–Crippen LogP) is 4.32. The molecule has 0 atom stereocenters. The standard InChI is InChI=1S/C13H9ClN2S/c1-8-15-11-5-4-9(12-3-2-6-17-12)7-10(11)13(14)16-8/h2-7H,1H3. The first-order valence-electron chi connectivity index (χ1n) is 5.22. The first-order valence-corrected chi connectivity index (χ1v) is 6.47. The van der Waals surface area contributed by atoms with Gasteiger partial charge in [0.05, 0.1) is 5.52 Å². The Morgan fingerprint density at radius 2 is 2.06 bits per heavy atom. The summed E-state index contributed by atoms with van der Waals surface area (Å²) >= 11 is 7.86. The normalized spacial score (nSPS) is 10.9. The van der Waals surface area contributed by atoms with Crippen LogP contribution in [0.3, 0.4) is 0 Å². The van der Waals surface area contributed by atoms with Gasteiger partial charge < -0.3 is 0 Å². The van der Waals surface area contributed by atoms with Crippen LogP contribution in [0.4, 0.5) is 0 Å². The highest BCUT2D eigenvalue weighted by atomic mass is 35.5. The van der Waals surface area contributed by atoms with E-state index in [1.807, 2.05) is 25.1 Å². The minimum absolute atomic E-state index is 0.519. The van der Waals surface area contributed by atoms with Crippen LogP contribution in [0.1, 0.15) is 5.82 Å². The first-order chi connectivity index (χ1) is 8.24. The topological polar surface area (TPSA) is 25.8 Å². The number of benzene rings is 1. The van der Waals surface area contributed by atoms with Gasteiger partial charge in [0.15, 0.2) is 0 Å². The Morgan fingerprint density at radius 3 is 2.82 bits per heavy atom. The lowest BCUT2D eigenvalue weighted by Crippen LogP contribution is -1.90. The van der Waals surface area contributed by atoms with E-state index < -0.39 is 0 Å². The first kappa shape index (κ1) is 10.7. The van der Waals surface area contributed by atoms with Crippen LogP contribution < -0.4 is 0 Å². The van der Waals surface area contributed by atoms with E-state index in [0.717, 1.165) is 16.5 Å². The number of rotatable bonds is 1. The molecule has 3 rings (SSSR count). The average Bonchev–Trinajstić information content (AvgIpc) is 2.82. The molecule has 0 N–H and O–H groups in total. The molecule has 0 saturated carbocycles. The number of aryl methyl sites for hydroxylation is 1. The minimum Gasteiger partial charge on any atom is -0.233 e. The van der Waals surface area contributed by atoms with E-state index in [4.69, 9.17) is 11.6 Å². The summed E-state index contributed by atoms with van der Waals surface area (Å²) < 4.78 is 0. The summed E-state index contributed by atoms with van der Waals surface area (Å²) in [6.45, 7) is 1.85. The van der Waals surface area contributed by atoms with Crippen molar-refractivity contribution >= 4 is 33.8 Å². The Hall–Kier alpha value is -1.45. The molecule has 84 valence electrons. The molecule has 0 bridgehead atoms. The second kappa shape index (κ2) is 4.09. The molecule has 17 heavy (non-hydrogen) atoms. The maximum Gasteiger partial charge on any atom is 0.140 e. The number of halogens is 1. The van der Waals surface area contributed by atoms with E-state index in [1.54, 1.807) is 11.3 Å². The molecule has 0 fully saturated rings. The summed E-state index contributed by atoms with van der Waals surface area (Å²) in [6.07, 6.45) is 0. The summed E-state index contributed by atoms with van der Waals surface area (Å²) in [5, 5.41) is 3.49. The van der Waals surface area contributed by atoms with E-state index in [9.17, 15) is 0 Å². The SMILES string of the molecule is Cc1nc(Cl)c2cc(-c3cccs3)ccc2n1. The van der Waals surface area contributed by atoms with Crippen LogP contribution in [0.25, 0.3) is 21.3 Å². The number of nitrogens with zero attached hydrogens (tertiary/aromatic N) is 2. The molecule has 1 aromatic carbocycles. The van der Waals surface area contributed by atoms with E-state index in [1.165, 1.54) is 4.88 Å². The number of hydrogen-bond acceptors (Lipinski definition) is 3. The summed E-state index contributed by atoms with van der Waals surface area (Å²) in [5.74, 6) is 0.700. The fourth-order valence-electron chi connectivity index (χ4n) is 1.80. The molecular formula is C13H9ClN2S. The van der Waals surface area contributed by atoms with Crippen LogP contribution in [-0.4, -0.2) is 9.97 Å². The van der Waals surface area contributed by atoms with Crippen molar-refractivity contribution < 1.29 is 0 Å². The summed E-state index contributed by atoms with van der Waals surface area (Å²) in [7, 11) is 0. The van der Waals surface area contributed by atoms with Crippen molar-refractivity contribution in [3.63, 3.8) is 0 Å². The molecule has 3 aromatic rings. The predicted molar refractivity (Wildman–Crippen MR) is 72.6 cm³/mol. The van der Waals surface area contributed by atoms with E-state index >= 15 is 0 Å². The highest BCUT2D eigenvalue weighted by molar-refractivity contribution is 7.13. The third kappa shape index (κ3) is 1.92. The van der Waals surface area contributed by atoms with Gasteiger partial charge in [-0.3, -0.25) is 0 Å². The Morgan fingerprint density at radius 1 is 1.18 bits per heavy atom. The molecule has 2 aromatic heterocycles. The third-order valence-corrected chi connectivity index (χ3v) is 3.77. The Balaban J connectivity index is 2.26. The second-order valence-corrected chi connectivity index (χ2v) is 5.08. The smallest absolute Gasteiger partial charge is 0.140 e. The van der Waals surface area contributed by atoms with Crippen molar-refractivity contribution in [2.45, 2.75) is 6.92 Å². The van der Waals surface area contributed by atoms with Crippen LogP contribution in [0.5, 0.6) is 0 Å². The third-order valence-electron chi connectivity index (χ3n) is 2.57. The Kier molecular flexibility index (Phi) is 2.57. The number of hydrogen-bond donors (Lipinski definition) is 0. The van der Waals surface area contributed by atoms with Gasteiger partial charge in [-0.2, -0.15) is 0 Å². The molecule has 4 heteroatoms. The summed E-state index contributed by atoms with van der Waals surface area (Å²) in [4.78, 5) is 9.77. The number of fused-ring (bicyclic) bond motifs is 1. The molecule has 0 amide bonds. The van der Waals surface area contributed by atoms with Gasteiger partial charge >= 0.3 is 0 Å². The molecule has 0 aliphatic rings. The fourth-order valence-corrected chi connectivity index (χ4v) is 2.79. The van der Waals surface area contributed by atoms with Gasteiger partial charge in [-0.05, 0) is 36.1 Å². The molecule has 2 nitrogen and oxygen atoms in total. The van der Waals surface area contributed by atoms with Gasteiger partial charge in [0, 0.05) is 10.3 Å². The van der Waals surface area contributed by atoms with Crippen molar-refractivity contribution in [2.75, 3.05) is 0 Å². The molecule has 0 saturated heterocycles. The van der Waals surface area contributed by atoms with Crippen molar-refractivity contribution in [1.29, 1.82) is 0 Å². The molecule has 2 heterocycles. The van der Waals surface area contributed by atoms with Crippen LogP contribution >= 0.6 is 22.9 Å². The number of thiophene rings is 1. The zero-order valence-corrected chi connectivity index (χ0v) is 10.7. The molecule has 0 aliphatic heterocycles. The highest BCUT2D eigenvalue weighted by Crippen LogP contribution is 2.29. The average molecular weight is 261 g/mol. The largest absolute Gasteiger partial charge is 0.233 e. The van der Waals surface area contributed by atoms with Gasteiger partial charge in [0.2, 0.25) is 0 Å². The van der Waals surface area contributed by atoms with Gasteiger partial charge in [0.1, 0.15) is 11.0 Å². The lowest BCUT2D eigenvalue weighted by atomic mass is 10.1. The van der Waals surface area contributed by atoms with Gasteiger partial charge in [0.25, 0.3) is 0 Å². The summed E-state index contributed by atoms with van der Waals surface area (Å²) in [5.41, 5.74) is 2.05. The molecular weight excluding hydrogens is 252 g/mol. The van der Waals surface area contributed by atoms with E-state index in [0.29, 0.717) is 11.0 Å². The van der Waals surface area contributed by atoms with Crippen LogP contribution in [-0.2, 0) is 0 Å². The fraction of sp³-hybridized carbons (Fsp3) is 0.0769. The van der Waals surface area contributed by atoms with Crippen LogP contribution in [0.2, 0.25) is 5.15 Å². The van der Waals surface area contributed by atoms with Crippen molar-refractivity contribution in [3.05, 3.63) is 46.7 Å².